The Morgan fingerprint density at radius 3 is 2.62 bits per heavy atom. The van der Waals surface area contributed by atoms with E-state index in [1.807, 2.05) is 27.7 Å². The van der Waals surface area contributed by atoms with Gasteiger partial charge in [-0.1, -0.05) is 0 Å². The quantitative estimate of drug-likeness (QED) is 0.363. The minimum atomic E-state index is -0.484. The molecule has 0 aromatic carbocycles. The first-order valence-corrected chi connectivity index (χ1v) is 9.47. The monoisotopic (exact) mass is 372 g/mol. The van der Waals surface area contributed by atoms with Crippen LogP contribution in [-0.4, -0.2) is 81.7 Å². The summed E-state index contributed by atoms with van der Waals surface area (Å²) in [6.45, 7) is 12.3. The lowest BCUT2D eigenvalue weighted by atomic mass is 10.2. The Balaban J connectivity index is 2.16. The van der Waals surface area contributed by atoms with Crippen LogP contribution in [0.2, 0.25) is 0 Å². The smallest absolute Gasteiger partial charge is 0.410 e. The van der Waals surface area contributed by atoms with Crippen molar-refractivity contribution in [3.05, 3.63) is 0 Å². The van der Waals surface area contributed by atoms with Crippen molar-refractivity contribution in [2.45, 2.75) is 52.2 Å². The SMILES string of the molecule is CCN(CCNC(=NC)NCCCOC1CCOC1)C(=O)OC(C)(C)C. The highest BCUT2D eigenvalue weighted by atomic mass is 16.6. The van der Waals surface area contributed by atoms with Gasteiger partial charge in [-0.15, -0.1) is 0 Å². The average molecular weight is 373 g/mol. The fraction of sp³-hybridized carbons (Fsp3) is 0.889. The van der Waals surface area contributed by atoms with Gasteiger partial charge >= 0.3 is 6.09 Å². The van der Waals surface area contributed by atoms with Crippen LogP contribution in [0.5, 0.6) is 0 Å². The number of amides is 1. The number of nitrogens with zero attached hydrogens (tertiary/aromatic N) is 2. The van der Waals surface area contributed by atoms with Crippen LogP contribution in [0.3, 0.4) is 0 Å². The van der Waals surface area contributed by atoms with Crippen LogP contribution in [0, 0.1) is 0 Å². The van der Waals surface area contributed by atoms with Gasteiger partial charge < -0.3 is 29.7 Å². The molecule has 1 heterocycles. The summed E-state index contributed by atoms with van der Waals surface area (Å²) >= 11 is 0. The Labute approximate surface area is 157 Å². The molecule has 0 saturated carbocycles. The van der Waals surface area contributed by atoms with Crippen LogP contribution >= 0.6 is 0 Å². The Hall–Kier alpha value is -1.54. The number of likely N-dealkylation sites (N-methyl/N-ethyl adjacent to an activating group) is 1. The third-order valence-corrected chi connectivity index (χ3v) is 3.79. The molecule has 0 aromatic heterocycles. The average Bonchev–Trinajstić information content (AvgIpc) is 3.08. The van der Waals surface area contributed by atoms with Gasteiger partial charge in [-0.3, -0.25) is 4.99 Å². The van der Waals surface area contributed by atoms with E-state index in [-0.39, 0.29) is 12.2 Å². The number of guanidine groups is 1. The molecule has 2 N–H and O–H groups in total. The predicted octanol–water partition coefficient (Wildman–Crippen LogP) is 1.60. The maximum Gasteiger partial charge on any atom is 0.410 e. The van der Waals surface area contributed by atoms with Gasteiger partial charge in [-0.2, -0.15) is 0 Å². The first kappa shape index (κ1) is 22.5. The molecule has 8 heteroatoms. The van der Waals surface area contributed by atoms with E-state index in [0.29, 0.717) is 32.8 Å². The van der Waals surface area contributed by atoms with Crippen LogP contribution in [0.4, 0.5) is 4.79 Å². The van der Waals surface area contributed by atoms with Gasteiger partial charge in [0.15, 0.2) is 5.96 Å². The van der Waals surface area contributed by atoms with E-state index in [1.54, 1.807) is 11.9 Å². The Bertz CT molecular complexity index is 431. The van der Waals surface area contributed by atoms with Crippen molar-refractivity contribution < 1.29 is 19.0 Å². The number of rotatable bonds is 9. The van der Waals surface area contributed by atoms with Gasteiger partial charge in [0.1, 0.15) is 5.60 Å². The molecule has 0 bridgehead atoms. The van der Waals surface area contributed by atoms with Crippen LogP contribution in [-0.2, 0) is 14.2 Å². The zero-order chi connectivity index (χ0) is 19.4. The first-order valence-electron chi connectivity index (χ1n) is 9.47. The Kier molecular flexibility index (Phi) is 10.3. The number of hydrogen-bond donors (Lipinski definition) is 2. The summed E-state index contributed by atoms with van der Waals surface area (Å²) in [5.74, 6) is 0.717. The molecule has 1 aliphatic heterocycles. The largest absolute Gasteiger partial charge is 0.444 e. The summed E-state index contributed by atoms with van der Waals surface area (Å²) < 4.78 is 16.4. The molecule has 26 heavy (non-hydrogen) atoms. The zero-order valence-electron chi connectivity index (χ0n) is 17.0. The van der Waals surface area contributed by atoms with Gasteiger partial charge in [0.2, 0.25) is 0 Å². The van der Waals surface area contributed by atoms with Gasteiger partial charge in [0.25, 0.3) is 0 Å². The Morgan fingerprint density at radius 1 is 1.31 bits per heavy atom. The second-order valence-corrected chi connectivity index (χ2v) is 7.20. The lowest BCUT2D eigenvalue weighted by Gasteiger charge is -2.26. The van der Waals surface area contributed by atoms with E-state index >= 15 is 0 Å². The van der Waals surface area contributed by atoms with Crippen molar-refractivity contribution >= 4 is 12.1 Å². The van der Waals surface area contributed by atoms with Crippen LogP contribution < -0.4 is 10.6 Å². The molecule has 1 aliphatic rings. The maximum absolute atomic E-state index is 12.1. The van der Waals surface area contributed by atoms with Gasteiger partial charge in [0, 0.05) is 46.4 Å². The molecule has 1 atom stereocenters. The summed E-state index contributed by atoms with van der Waals surface area (Å²) in [7, 11) is 1.73. The standard InChI is InChI=1S/C18H36N4O4/c1-6-22(17(23)26-18(2,3)4)11-10-21-16(19-5)20-9-7-12-25-15-8-13-24-14-15/h15H,6-14H2,1-5H3,(H2,19,20,21). The van der Waals surface area contributed by atoms with Crippen molar-refractivity contribution in [3.63, 3.8) is 0 Å². The third-order valence-electron chi connectivity index (χ3n) is 3.79. The molecule has 8 nitrogen and oxygen atoms in total. The molecule has 0 spiro atoms. The maximum atomic E-state index is 12.1. The minimum Gasteiger partial charge on any atom is -0.444 e. The van der Waals surface area contributed by atoms with E-state index < -0.39 is 5.60 Å². The summed E-state index contributed by atoms with van der Waals surface area (Å²) in [5.41, 5.74) is -0.484. The normalized spacial score (nSPS) is 17.9. The summed E-state index contributed by atoms with van der Waals surface area (Å²) in [6, 6.07) is 0. The fourth-order valence-electron chi connectivity index (χ4n) is 2.41. The molecule has 1 unspecified atom stereocenters. The summed E-state index contributed by atoms with van der Waals surface area (Å²) in [5, 5.41) is 6.46. The Morgan fingerprint density at radius 2 is 2.04 bits per heavy atom. The number of carbonyl (C=O) groups is 1. The minimum absolute atomic E-state index is 0.250. The fourth-order valence-corrected chi connectivity index (χ4v) is 2.41. The lowest BCUT2D eigenvalue weighted by molar-refractivity contribution is 0.0263. The number of hydrogen-bond acceptors (Lipinski definition) is 5. The molecule has 0 aliphatic carbocycles. The highest BCUT2D eigenvalue weighted by Gasteiger charge is 2.20. The van der Waals surface area contributed by atoms with Crippen molar-refractivity contribution in [1.82, 2.24) is 15.5 Å². The molecule has 1 fully saturated rings. The second-order valence-electron chi connectivity index (χ2n) is 7.20. The molecule has 0 aromatic rings. The van der Waals surface area contributed by atoms with Crippen LogP contribution in [0.1, 0.15) is 40.5 Å². The van der Waals surface area contributed by atoms with Gasteiger partial charge in [0.05, 0.1) is 12.7 Å². The second kappa shape index (κ2) is 12.0. The van der Waals surface area contributed by atoms with Crippen molar-refractivity contribution in [2.75, 3.05) is 53.0 Å². The topological polar surface area (TPSA) is 84.4 Å². The highest BCUT2D eigenvalue weighted by molar-refractivity contribution is 5.79. The molecule has 1 saturated heterocycles. The van der Waals surface area contributed by atoms with E-state index in [0.717, 1.165) is 32.0 Å². The highest BCUT2D eigenvalue weighted by Crippen LogP contribution is 2.09. The molecule has 1 amide bonds. The zero-order valence-corrected chi connectivity index (χ0v) is 17.0. The van der Waals surface area contributed by atoms with Gasteiger partial charge in [-0.05, 0) is 40.5 Å². The van der Waals surface area contributed by atoms with E-state index in [2.05, 4.69) is 15.6 Å². The lowest BCUT2D eigenvalue weighted by Crippen LogP contribution is -2.44. The first-order chi connectivity index (χ1) is 12.4. The van der Waals surface area contributed by atoms with Crippen LogP contribution in [0.15, 0.2) is 4.99 Å². The van der Waals surface area contributed by atoms with Gasteiger partial charge in [-0.25, -0.2) is 4.79 Å². The predicted molar refractivity (Wildman–Crippen MR) is 103 cm³/mol. The molecular weight excluding hydrogens is 336 g/mol. The van der Waals surface area contributed by atoms with E-state index in [4.69, 9.17) is 14.2 Å². The molecule has 152 valence electrons. The number of ether oxygens (including phenoxy) is 3. The van der Waals surface area contributed by atoms with E-state index in [9.17, 15) is 4.79 Å². The number of aliphatic imine (C=N–C) groups is 1. The molecular formula is C18H36N4O4. The molecule has 0 radical (unpaired) electrons. The van der Waals surface area contributed by atoms with Crippen LogP contribution in [0.25, 0.3) is 0 Å². The van der Waals surface area contributed by atoms with E-state index in [1.165, 1.54) is 0 Å². The van der Waals surface area contributed by atoms with Crippen molar-refractivity contribution in [2.24, 2.45) is 4.99 Å². The van der Waals surface area contributed by atoms with Crippen molar-refractivity contribution in [1.29, 1.82) is 0 Å². The third kappa shape index (κ3) is 9.82. The summed E-state index contributed by atoms with van der Waals surface area (Å²) in [6.07, 6.45) is 1.84. The number of nitrogens with one attached hydrogen (secondary N) is 2. The molecule has 1 rings (SSSR count). The summed E-state index contributed by atoms with van der Waals surface area (Å²) in [4.78, 5) is 18.0. The number of carbonyl (C=O) groups excluding carboxylic acids is 1. The van der Waals surface area contributed by atoms with Crippen molar-refractivity contribution in [3.8, 4) is 0 Å².